The van der Waals surface area contributed by atoms with Gasteiger partial charge in [-0.2, -0.15) is 0 Å². The molecule has 0 saturated heterocycles. The number of hydrogen-bond acceptors (Lipinski definition) is 2. The number of rotatable bonds is 9. The van der Waals surface area contributed by atoms with E-state index < -0.39 is 5.79 Å². The third kappa shape index (κ3) is 6.22. The first-order valence-electron chi connectivity index (χ1n) is 7.55. The van der Waals surface area contributed by atoms with Crippen LogP contribution in [-0.2, 0) is 0 Å². The quantitative estimate of drug-likeness (QED) is 0.518. The fraction of sp³-hybridized carbons (Fsp3) is 0.647. The number of benzene rings is 1. The molecule has 0 heterocycles. The SMILES string of the molecule is CCCCCCCCC(c1ccccc1)C(C)(O)O. The van der Waals surface area contributed by atoms with Crippen molar-refractivity contribution in [3.8, 4) is 0 Å². The van der Waals surface area contributed by atoms with Crippen molar-refractivity contribution < 1.29 is 10.2 Å². The van der Waals surface area contributed by atoms with Crippen LogP contribution in [0.15, 0.2) is 30.3 Å². The first-order valence-corrected chi connectivity index (χ1v) is 7.55. The monoisotopic (exact) mass is 264 g/mol. The van der Waals surface area contributed by atoms with Gasteiger partial charge < -0.3 is 10.2 Å². The molecule has 1 rings (SSSR count). The molecule has 0 radical (unpaired) electrons. The first-order chi connectivity index (χ1) is 9.05. The molecule has 0 bridgehead atoms. The van der Waals surface area contributed by atoms with E-state index in [0.717, 1.165) is 18.4 Å². The summed E-state index contributed by atoms with van der Waals surface area (Å²) in [5.74, 6) is -1.83. The molecule has 19 heavy (non-hydrogen) atoms. The minimum atomic E-state index is -1.63. The Morgan fingerprint density at radius 1 is 0.947 bits per heavy atom. The zero-order valence-electron chi connectivity index (χ0n) is 12.3. The molecule has 0 aliphatic heterocycles. The van der Waals surface area contributed by atoms with Gasteiger partial charge in [0.05, 0.1) is 0 Å². The van der Waals surface area contributed by atoms with Gasteiger partial charge in [0, 0.05) is 5.92 Å². The van der Waals surface area contributed by atoms with Crippen LogP contribution in [0.2, 0.25) is 0 Å². The molecule has 1 atom stereocenters. The van der Waals surface area contributed by atoms with E-state index in [1.807, 2.05) is 30.3 Å². The molecule has 108 valence electrons. The van der Waals surface area contributed by atoms with Crippen molar-refractivity contribution in [2.75, 3.05) is 0 Å². The second kappa shape index (κ2) is 8.34. The maximum absolute atomic E-state index is 9.93. The van der Waals surface area contributed by atoms with Crippen molar-refractivity contribution in [3.63, 3.8) is 0 Å². The van der Waals surface area contributed by atoms with Crippen LogP contribution < -0.4 is 0 Å². The van der Waals surface area contributed by atoms with Crippen molar-refractivity contribution in [2.45, 2.75) is 70.5 Å². The fourth-order valence-corrected chi connectivity index (χ4v) is 2.57. The average Bonchev–Trinajstić information content (AvgIpc) is 2.37. The molecule has 1 aromatic carbocycles. The van der Waals surface area contributed by atoms with Gasteiger partial charge in [-0.15, -0.1) is 0 Å². The van der Waals surface area contributed by atoms with Gasteiger partial charge in [-0.25, -0.2) is 0 Å². The van der Waals surface area contributed by atoms with E-state index in [1.165, 1.54) is 39.0 Å². The Hall–Kier alpha value is -0.860. The van der Waals surface area contributed by atoms with Crippen LogP contribution in [0, 0.1) is 0 Å². The summed E-state index contributed by atoms with van der Waals surface area (Å²) in [5, 5.41) is 19.9. The number of unbranched alkanes of at least 4 members (excludes halogenated alkanes) is 5. The molecule has 0 spiro atoms. The first kappa shape index (κ1) is 16.2. The van der Waals surface area contributed by atoms with E-state index in [2.05, 4.69) is 6.92 Å². The Morgan fingerprint density at radius 2 is 1.53 bits per heavy atom. The summed E-state index contributed by atoms with van der Waals surface area (Å²) >= 11 is 0. The molecule has 2 nitrogen and oxygen atoms in total. The van der Waals surface area contributed by atoms with Gasteiger partial charge in [0.15, 0.2) is 5.79 Å². The average molecular weight is 264 g/mol. The van der Waals surface area contributed by atoms with Gasteiger partial charge in [0.2, 0.25) is 0 Å². The van der Waals surface area contributed by atoms with Crippen molar-refractivity contribution in [1.82, 2.24) is 0 Å². The smallest absolute Gasteiger partial charge is 0.166 e. The molecule has 0 amide bonds. The summed E-state index contributed by atoms with van der Waals surface area (Å²) in [6.07, 6.45) is 8.18. The van der Waals surface area contributed by atoms with E-state index in [9.17, 15) is 10.2 Å². The van der Waals surface area contributed by atoms with Crippen LogP contribution >= 0.6 is 0 Å². The van der Waals surface area contributed by atoms with Gasteiger partial charge in [-0.05, 0) is 18.9 Å². The van der Waals surface area contributed by atoms with Gasteiger partial charge in [0.1, 0.15) is 0 Å². The molecule has 2 heteroatoms. The van der Waals surface area contributed by atoms with Crippen LogP contribution in [0.25, 0.3) is 0 Å². The second-order valence-electron chi connectivity index (χ2n) is 5.61. The third-order valence-corrected chi connectivity index (χ3v) is 3.71. The fourth-order valence-electron chi connectivity index (χ4n) is 2.57. The predicted octanol–water partition coefficient (Wildman–Crippen LogP) is 4.22. The summed E-state index contributed by atoms with van der Waals surface area (Å²) in [6.45, 7) is 3.70. The molecule has 0 fully saturated rings. The second-order valence-corrected chi connectivity index (χ2v) is 5.61. The van der Waals surface area contributed by atoms with Crippen LogP contribution in [-0.4, -0.2) is 16.0 Å². The molecular weight excluding hydrogens is 236 g/mol. The molecule has 1 aromatic rings. The lowest BCUT2D eigenvalue weighted by molar-refractivity contribution is -0.165. The molecule has 2 N–H and O–H groups in total. The minimum Gasteiger partial charge on any atom is -0.365 e. The van der Waals surface area contributed by atoms with Crippen molar-refractivity contribution in [3.05, 3.63) is 35.9 Å². The van der Waals surface area contributed by atoms with E-state index in [1.54, 1.807) is 0 Å². The van der Waals surface area contributed by atoms with Gasteiger partial charge >= 0.3 is 0 Å². The molecule has 0 aromatic heterocycles. The molecule has 0 aliphatic carbocycles. The maximum Gasteiger partial charge on any atom is 0.166 e. The topological polar surface area (TPSA) is 40.5 Å². The third-order valence-electron chi connectivity index (χ3n) is 3.71. The molecular formula is C17H28O2. The summed E-state index contributed by atoms with van der Waals surface area (Å²) in [5.41, 5.74) is 1.02. The molecule has 0 saturated carbocycles. The Kier molecular flexibility index (Phi) is 7.11. The highest BCUT2D eigenvalue weighted by Gasteiger charge is 2.29. The van der Waals surface area contributed by atoms with Crippen molar-refractivity contribution in [2.24, 2.45) is 0 Å². The molecule has 1 unspecified atom stereocenters. The highest BCUT2D eigenvalue weighted by molar-refractivity contribution is 5.21. The maximum atomic E-state index is 9.93. The molecule has 0 aliphatic rings. The lowest BCUT2D eigenvalue weighted by Gasteiger charge is -2.28. The highest BCUT2D eigenvalue weighted by atomic mass is 16.5. The lowest BCUT2D eigenvalue weighted by Crippen LogP contribution is -2.32. The predicted molar refractivity (Wildman–Crippen MR) is 80.0 cm³/mol. The Morgan fingerprint density at radius 3 is 2.11 bits per heavy atom. The number of aliphatic hydroxyl groups is 2. The summed E-state index contributed by atoms with van der Waals surface area (Å²) in [4.78, 5) is 0. The van der Waals surface area contributed by atoms with Crippen LogP contribution in [0.4, 0.5) is 0 Å². The van der Waals surface area contributed by atoms with Crippen LogP contribution in [0.5, 0.6) is 0 Å². The van der Waals surface area contributed by atoms with Crippen molar-refractivity contribution in [1.29, 1.82) is 0 Å². The van der Waals surface area contributed by atoms with Crippen LogP contribution in [0.1, 0.15) is 70.3 Å². The lowest BCUT2D eigenvalue weighted by atomic mass is 9.86. The van der Waals surface area contributed by atoms with Crippen molar-refractivity contribution >= 4 is 0 Å². The Labute approximate surface area is 117 Å². The standard InChI is InChI=1S/C17H28O2/c1-3-4-5-6-7-11-14-16(17(2,18)19)15-12-9-8-10-13-15/h8-10,12-13,16,18-19H,3-7,11,14H2,1-2H3. The Bertz CT molecular complexity index is 327. The van der Waals surface area contributed by atoms with E-state index in [4.69, 9.17) is 0 Å². The summed E-state index contributed by atoms with van der Waals surface area (Å²) in [6, 6.07) is 9.82. The summed E-state index contributed by atoms with van der Waals surface area (Å²) < 4.78 is 0. The van der Waals surface area contributed by atoms with Gasteiger partial charge in [0.25, 0.3) is 0 Å². The number of hydrogen-bond donors (Lipinski definition) is 2. The minimum absolute atomic E-state index is 0.195. The van der Waals surface area contributed by atoms with Crippen LogP contribution in [0.3, 0.4) is 0 Å². The Balaban J connectivity index is 2.44. The summed E-state index contributed by atoms with van der Waals surface area (Å²) in [7, 11) is 0. The van der Waals surface area contributed by atoms with E-state index in [-0.39, 0.29) is 5.92 Å². The zero-order chi connectivity index (χ0) is 14.1. The highest BCUT2D eigenvalue weighted by Crippen LogP contribution is 2.31. The van der Waals surface area contributed by atoms with E-state index in [0.29, 0.717) is 0 Å². The largest absolute Gasteiger partial charge is 0.365 e. The van der Waals surface area contributed by atoms with Gasteiger partial charge in [-0.1, -0.05) is 75.8 Å². The normalized spacial score (nSPS) is 13.5. The zero-order valence-corrected chi connectivity index (χ0v) is 12.3. The van der Waals surface area contributed by atoms with E-state index >= 15 is 0 Å². The van der Waals surface area contributed by atoms with Gasteiger partial charge in [-0.3, -0.25) is 0 Å².